The van der Waals surface area contributed by atoms with Gasteiger partial charge >= 0.3 is 12.1 Å². The molecule has 0 radical (unpaired) electrons. The number of allylic oxidation sites excluding steroid dienone is 2. The van der Waals surface area contributed by atoms with Gasteiger partial charge in [0.25, 0.3) is 0 Å². The third-order valence-electron chi connectivity index (χ3n) is 5.49. The van der Waals surface area contributed by atoms with Crippen molar-refractivity contribution in [2.24, 2.45) is 23.7 Å². The van der Waals surface area contributed by atoms with E-state index in [2.05, 4.69) is 12.2 Å². The van der Waals surface area contributed by atoms with E-state index in [1.54, 1.807) is 0 Å². The minimum atomic E-state index is -0.921. The first-order chi connectivity index (χ1) is 11.1. The van der Waals surface area contributed by atoms with Crippen LogP contribution in [-0.2, 0) is 16.1 Å². The van der Waals surface area contributed by atoms with E-state index in [1.807, 2.05) is 30.3 Å². The summed E-state index contributed by atoms with van der Waals surface area (Å²) in [7, 11) is 0. The van der Waals surface area contributed by atoms with Crippen LogP contribution < -0.4 is 0 Å². The minimum Gasteiger partial charge on any atom is -0.480 e. The van der Waals surface area contributed by atoms with Crippen molar-refractivity contribution in [2.45, 2.75) is 19.1 Å². The van der Waals surface area contributed by atoms with Gasteiger partial charge in [0, 0.05) is 12.5 Å². The molecule has 5 nitrogen and oxygen atoms in total. The van der Waals surface area contributed by atoms with Gasteiger partial charge in [-0.05, 0) is 29.7 Å². The molecule has 1 aliphatic heterocycles. The van der Waals surface area contributed by atoms with Crippen molar-refractivity contribution < 1.29 is 19.4 Å². The number of carboxylic acid groups (broad SMARTS) is 1. The molecule has 1 heterocycles. The lowest BCUT2D eigenvalue weighted by Gasteiger charge is -2.26. The monoisotopic (exact) mass is 313 g/mol. The first-order valence-corrected chi connectivity index (χ1v) is 8.03. The van der Waals surface area contributed by atoms with Gasteiger partial charge in [-0.25, -0.2) is 9.59 Å². The van der Waals surface area contributed by atoms with Gasteiger partial charge in [0.1, 0.15) is 12.6 Å². The molecule has 4 rings (SSSR count). The highest BCUT2D eigenvalue weighted by Crippen LogP contribution is 2.54. The largest absolute Gasteiger partial charge is 0.480 e. The van der Waals surface area contributed by atoms with E-state index in [4.69, 9.17) is 4.74 Å². The number of aliphatic carboxylic acids is 1. The summed E-state index contributed by atoms with van der Waals surface area (Å²) in [5, 5.41) is 9.62. The highest BCUT2D eigenvalue weighted by molar-refractivity contribution is 5.81. The molecular formula is C18H19NO4. The maximum atomic E-state index is 12.4. The van der Waals surface area contributed by atoms with E-state index in [-0.39, 0.29) is 24.4 Å². The number of benzene rings is 1. The Morgan fingerprint density at radius 2 is 1.91 bits per heavy atom. The van der Waals surface area contributed by atoms with E-state index in [9.17, 15) is 14.7 Å². The van der Waals surface area contributed by atoms with Crippen LogP contribution in [0.5, 0.6) is 0 Å². The number of amides is 1. The first-order valence-electron chi connectivity index (χ1n) is 8.03. The topological polar surface area (TPSA) is 66.8 Å². The first kappa shape index (κ1) is 14.3. The van der Waals surface area contributed by atoms with Crippen LogP contribution in [-0.4, -0.2) is 34.7 Å². The number of likely N-dealkylation sites (tertiary alicyclic amines) is 1. The van der Waals surface area contributed by atoms with Crippen LogP contribution in [0.3, 0.4) is 0 Å². The van der Waals surface area contributed by atoms with E-state index in [0.717, 1.165) is 12.0 Å². The Labute approximate surface area is 134 Å². The van der Waals surface area contributed by atoms with Gasteiger partial charge in [-0.15, -0.1) is 0 Å². The molecule has 1 aromatic carbocycles. The molecule has 2 aliphatic carbocycles. The molecule has 1 saturated heterocycles. The SMILES string of the molecule is O=C(O)C1C2C3C=CC(C3)C2CN1C(=O)OCc1ccccc1. The Morgan fingerprint density at radius 1 is 1.17 bits per heavy atom. The molecule has 5 heteroatoms. The predicted molar refractivity (Wildman–Crippen MR) is 82.5 cm³/mol. The highest BCUT2D eigenvalue weighted by Gasteiger charge is 2.58. The molecule has 23 heavy (non-hydrogen) atoms. The van der Waals surface area contributed by atoms with E-state index in [1.165, 1.54) is 4.90 Å². The average Bonchev–Trinajstić information content (AvgIpc) is 3.24. The Hall–Kier alpha value is -2.30. The number of nitrogens with zero attached hydrogens (tertiary/aromatic N) is 1. The Morgan fingerprint density at radius 3 is 2.65 bits per heavy atom. The quantitative estimate of drug-likeness (QED) is 0.871. The van der Waals surface area contributed by atoms with Crippen LogP contribution >= 0.6 is 0 Å². The number of hydrogen-bond donors (Lipinski definition) is 1. The summed E-state index contributed by atoms with van der Waals surface area (Å²) in [6, 6.07) is 8.66. The fourth-order valence-electron chi connectivity index (χ4n) is 4.52. The van der Waals surface area contributed by atoms with Crippen LogP contribution in [0.1, 0.15) is 12.0 Å². The lowest BCUT2D eigenvalue weighted by atomic mass is 9.82. The second-order valence-corrected chi connectivity index (χ2v) is 6.67. The molecule has 5 unspecified atom stereocenters. The van der Waals surface area contributed by atoms with Crippen molar-refractivity contribution in [3.05, 3.63) is 48.0 Å². The minimum absolute atomic E-state index is 0.0341. The van der Waals surface area contributed by atoms with Gasteiger partial charge in [0.2, 0.25) is 0 Å². The molecule has 2 fully saturated rings. The number of carbonyl (C=O) groups excluding carboxylic acids is 1. The van der Waals surface area contributed by atoms with Gasteiger partial charge in [-0.3, -0.25) is 4.90 Å². The Bertz CT molecular complexity index is 656. The molecule has 0 spiro atoms. The van der Waals surface area contributed by atoms with Crippen LogP contribution in [0, 0.1) is 23.7 Å². The third-order valence-corrected chi connectivity index (χ3v) is 5.49. The van der Waals surface area contributed by atoms with Crippen LogP contribution in [0.2, 0.25) is 0 Å². The van der Waals surface area contributed by atoms with Gasteiger partial charge in [0.05, 0.1) is 0 Å². The number of fused-ring (bicyclic) bond motifs is 5. The Kier molecular flexibility index (Phi) is 3.36. The molecule has 1 amide bonds. The summed E-state index contributed by atoms with van der Waals surface area (Å²) in [5.74, 6) is 0.0778. The smallest absolute Gasteiger partial charge is 0.410 e. The number of ether oxygens (including phenoxy) is 1. The molecule has 1 N–H and O–H groups in total. The summed E-state index contributed by atoms with van der Waals surface area (Å²) in [4.78, 5) is 25.6. The lowest BCUT2D eigenvalue weighted by Crippen LogP contribution is -2.44. The summed E-state index contributed by atoms with van der Waals surface area (Å²) in [6.07, 6.45) is 4.82. The van der Waals surface area contributed by atoms with E-state index >= 15 is 0 Å². The van der Waals surface area contributed by atoms with Crippen molar-refractivity contribution >= 4 is 12.1 Å². The molecule has 5 atom stereocenters. The third kappa shape index (κ3) is 2.31. The summed E-state index contributed by atoms with van der Waals surface area (Å²) < 4.78 is 5.35. The average molecular weight is 313 g/mol. The van der Waals surface area contributed by atoms with Crippen molar-refractivity contribution in [2.75, 3.05) is 6.54 Å². The number of carboxylic acids is 1. The molecule has 2 bridgehead atoms. The van der Waals surface area contributed by atoms with Crippen LogP contribution in [0.4, 0.5) is 4.79 Å². The standard InChI is InChI=1S/C18H19NO4/c20-17(21)16-15-13-7-6-12(8-13)14(15)9-19(16)18(22)23-10-11-4-2-1-3-5-11/h1-7,12-16H,8-10H2,(H,20,21). The molecule has 3 aliphatic rings. The molecule has 1 aromatic rings. The number of rotatable bonds is 3. The summed E-state index contributed by atoms with van der Waals surface area (Å²) >= 11 is 0. The van der Waals surface area contributed by atoms with Crippen LogP contribution in [0.15, 0.2) is 42.5 Å². The van der Waals surface area contributed by atoms with Crippen molar-refractivity contribution in [3.63, 3.8) is 0 Å². The van der Waals surface area contributed by atoms with Gasteiger partial charge in [-0.1, -0.05) is 42.5 Å². The van der Waals surface area contributed by atoms with Crippen LogP contribution in [0.25, 0.3) is 0 Å². The van der Waals surface area contributed by atoms with Crippen molar-refractivity contribution in [1.29, 1.82) is 0 Å². The Balaban J connectivity index is 1.48. The fraction of sp³-hybridized carbons (Fsp3) is 0.444. The highest BCUT2D eigenvalue weighted by atomic mass is 16.6. The second-order valence-electron chi connectivity index (χ2n) is 6.67. The lowest BCUT2D eigenvalue weighted by molar-refractivity contribution is -0.143. The molecular weight excluding hydrogens is 294 g/mol. The zero-order valence-corrected chi connectivity index (χ0v) is 12.7. The zero-order valence-electron chi connectivity index (χ0n) is 12.7. The van der Waals surface area contributed by atoms with Gasteiger partial charge < -0.3 is 9.84 Å². The maximum absolute atomic E-state index is 12.4. The van der Waals surface area contributed by atoms with Crippen molar-refractivity contribution in [3.8, 4) is 0 Å². The predicted octanol–water partition coefficient (Wildman–Crippen LogP) is 2.53. The van der Waals surface area contributed by atoms with E-state index < -0.39 is 18.1 Å². The van der Waals surface area contributed by atoms with Gasteiger partial charge in [-0.2, -0.15) is 0 Å². The van der Waals surface area contributed by atoms with Gasteiger partial charge in [0.15, 0.2) is 0 Å². The zero-order chi connectivity index (χ0) is 16.0. The normalized spacial score (nSPS) is 33.7. The number of hydrogen-bond acceptors (Lipinski definition) is 3. The molecule has 0 aromatic heterocycles. The van der Waals surface area contributed by atoms with Crippen molar-refractivity contribution in [1.82, 2.24) is 4.90 Å². The summed E-state index contributed by atoms with van der Waals surface area (Å²) in [6.45, 7) is 0.656. The molecule has 1 saturated carbocycles. The fourth-order valence-corrected chi connectivity index (χ4v) is 4.52. The molecule has 120 valence electrons. The van der Waals surface area contributed by atoms with E-state index in [0.29, 0.717) is 12.5 Å². The second kappa shape index (κ2) is 5.41. The number of carbonyl (C=O) groups is 2. The summed E-state index contributed by atoms with van der Waals surface area (Å²) in [5.41, 5.74) is 0.897. The maximum Gasteiger partial charge on any atom is 0.410 e.